The highest BCUT2D eigenvalue weighted by Gasteiger charge is 2.21. The molecule has 2 nitrogen and oxygen atoms in total. The summed E-state index contributed by atoms with van der Waals surface area (Å²) in [6, 6.07) is 5.50. The molecule has 0 saturated carbocycles. The first-order chi connectivity index (χ1) is 9.15. The van der Waals surface area contributed by atoms with E-state index in [0.29, 0.717) is 5.02 Å². The van der Waals surface area contributed by atoms with E-state index in [0.717, 1.165) is 27.9 Å². The molecule has 1 aliphatic rings. The van der Waals surface area contributed by atoms with Gasteiger partial charge in [-0.05, 0) is 49.4 Å². The second-order valence-corrected chi connectivity index (χ2v) is 7.18. The summed E-state index contributed by atoms with van der Waals surface area (Å²) >= 11 is 11.3. The number of aromatic nitrogens is 1. The van der Waals surface area contributed by atoms with Crippen LogP contribution in [0.3, 0.4) is 0 Å². The standard InChI is InChI=1S/C14H14BrClN2S/c15-10-6-5-8(16)7-9(10)13(17)14-18-11-3-1-2-4-12(11)19-14/h5-7,13H,1-4,17H2. The monoisotopic (exact) mass is 356 g/mol. The maximum Gasteiger partial charge on any atom is 0.114 e. The number of nitrogens with two attached hydrogens (primary N) is 1. The van der Waals surface area contributed by atoms with Crippen molar-refractivity contribution >= 4 is 38.9 Å². The topological polar surface area (TPSA) is 38.9 Å². The van der Waals surface area contributed by atoms with E-state index in [1.54, 1.807) is 11.3 Å². The lowest BCUT2D eigenvalue weighted by molar-refractivity contribution is 0.678. The van der Waals surface area contributed by atoms with Crippen LogP contribution in [0.5, 0.6) is 0 Å². The molecule has 0 fully saturated rings. The zero-order chi connectivity index (χ0) is 13.4. The summed E-state index contributed by atoms with van der Waals surface area (Å²) in [4.78, 5) is 6.14. The molecule has 19 heavy (non-hydrogen) atoms. The molecule has 0 radical (unpaired) electrons. The molecule has 0 bridgehead atoms. The molecule has 2 N–H and O–H groups in total. The van der Waals surface area contributed by atoms with Crippen molar-refractivity contribution in [3.63, 3.8) is 0 Å². The molecule has 1 atom stereocenters. The zero-order valence-corrected chi connectivity index (χ0v) is 13.5. The predicted octanol–water partition coefficient (Wildman–Crippen LogP) is 4.49. The molecule has 1 aromatic carbocycles. The number of rotatable bonds is 2. The lowest BCUT2D eigenvalue weighted by atomic mass is 10.0. The van der Waals surface area contributed by atoms with Gasteiger partial charge in [-0.1, -0.05) is 27.5 Å². The van der Waals surface area contributed by atoms with E-state index < -0.39 is 0 Å². The number of halogens is 2. The molecule has 1 aromatic heterocycles. The fourth-order valence-corrected chi connectivity index (χ4v) is 4.24. The van der Waals surface area contributed by atoms with E-state index in [1.807, 2.05) is 18.2 Å². The van der Waals surface area contributed by atoms with Gasteiger partial charge in [-0.2, -0.15) is 0 Å². The fraction of sp³-hybridized carbons (Fsp3) is 0.357. The minimum absolute atomic E-state index is 0.205. The smallest absolute Gasteiger partial charge is 0.114 e. The maximum atomic E-state index is 6.36. The van der Waals surface area contributed by atoms with E-state index in [2.05, 4.69) is 15.9 Å². The quantitative estimate of drug-likeness (QED) is 0.860. The van der Waals surface area contributed by atoms with Crippen LogP contribution in [0, 0.1) is 0 Å². The van der Waals surface area contributed by atoms with Crippen LogP contribution in [0.2, 0.25) is 5.02 Å². The number of aryl methyl sites for hydroxylation is 2. The van der Waals surface area contributed by atoms with Crippen LogP contribution in [-0.4, -0.2) is 4.98 Å². The van der Waals surface area contributed by atoms with Crippen LogP contribution < -0.4 is 5.73 Å². The van der Waals surface area contributed by atoms with Gasteiger partial charge in [0.15, 0.2) is 0 Å². The summed E-state index contributed by atoms with van der Waals surface area (Å²) in [5, 5.41) is 1.70. The Morgan fingerprint density at radius 2 is 2.11 bits per heavy atom. The Kier molecular flexibility index (Phi) is 3.94. The number of nitrogens with zero attached hydrogens (tertiary/aromatic N) is 1. The Labute approximate surface area is 130 Å². The van der Waals surface area contributed by atoms with Gasteiger partial charge in [-0.3, -0.25) is 0 Å². The van der Waals surface area contributed by atoms with Crippen molar-refractivity contribution in [2.24, 2.45) is 5.73 Å². The first-order valence-electron chi connectivity index (χ1n) is 6.34. The summed E-state index contributed by atoms with van der Waals surface area (Å²) in [5.41, 5.74) is 8.61. The van der Waals surface area contributed by atoms with Crippen molar-refractivity contribution < 1.29 is 0 Å². The van der Waals surface area contributed by atoms with E-state index in [1.165, 1.54) is 23.4 Å². The molecule has 0 aliphatic heterocycles. The largest absolute Gasteiger partial charge is 0.318 e. The number of hydrogen-bond donors (Lipinski definition) is 1. The average molecular weight is 358 g/mol. The highest BCUT2D eigenvalue weighted by Crippen LogP contribution is 2.34. The Bertz CT molecular complexity index is 588. The van der Waals surface area contributed by atoms with Crippen molar-refractivity contribution in [1.29, 1.82) is 0 Å². The number of fused-ring (bicyclic) bond motifs is 1. The highest BCUT2D eigenvalue weighted by molar-refractivity contribution is 9.10. The normalized spacial score (nSPS) is 16.2. The minimum atomic E-state index is -0.205. The predicted molar refractivity (Wildman–Crippen MR) is 83.9 cm³/mol. The molecule has 1 unspecified atom stereocenters. The lowest BCUT2D eigenvalue weighted by Crippen LogP contribution is -2.12. The van der Waals surface area contributed by atoms with Crippen molar-refractivity contribution in [3.8, 4) is 0 Å². The van der Waals surface area contributed by atoms with Crippen LogP contribution in [-0.2, 0) is 12.8 Å². The molecule has 0 amide bonds. The number of benzene rings is 1. The molecule has 0 spiro atoms. The Morgan fingerprint density at radius 3 is 2.89 bits per heavy atom. The van der Waals surface area contributed by atoms with Gasteiger partial charge in [0.1, 0.15) is 5.01 Å². The SMILES string of the molecule is NC(c1nc2c(s1)CCCC2)c1cc(Cl)ccc1Br. The van der Waals surface area contributed by atoms with Gasteiger partial charge in [0.25, 0.3) is 0 Å². The molecule has 5 heteroatoms. The molecule has 2 aromatic rings. The van der Waals surface area contributed by atoms with Crippen molar-refractivity contribution in [2.45, 2.75) is 31.7 Å². The van der Waals surface area contributed by atoms with Gasteiger partial charge < -0.3 is 5.73 Å². The summed E-state index contributed by atoms with van der Waals surface area (Å²) in [6.45, 7) is 0. The lowest BCUT2D eigenvalue weighted by Gasteiger charge is -2.11. The van der Waals surface area contributed by atoms with Crippen LogP contribution in [0.25, 0.3) is 0 Å². The van der Waals surface area contributed by atoms with Gasteiger partial charge in [0, 0.05) is 14.4 Å². The Morgan fingerprint density at radius 1 is 1.32 bits per heavy atom. The molecule has 3 rings (SSSR count). The first kappa shape index (κ1) is 13.6. The molecule has 0 saturated heterocycles. The van der Waals surface area contributed by atoms with E-state index in [-0.39, 0.29) is 6.04 Å². The summed E-state index contributed by atoms with van der Waals surface area (Å²) in [7, 11) is 0. The molecule has 1 aliphatic carbocycles. The van der Waals surface area contributed by atoms with Gasteiger partial charge in [0.05, 0.1) is 11.7 Å². The number of hydrogen-bond acceptors (Lipinski definition) is 3. The molecule has 100 valence electrons. The van der Waals surface area contributed by atoms with Crippen LogP contribution in [0.15, 0.2) is 22.7 Å². The van der Waals surface area contributed by atoms with Gasteiger partial charge >= 0.3 is 0 Å². The van der Waals surface area contributed by atoms with Crippen molar-refractivity contribution in [2.75, 3.05) is 0 Å². The second-order valence-electron chi connectivity index (χ2n) is 4.77. The van der Waals surface area contributed by atoms with Gasteiger partial charge in [-0.15, -0.1) is 11.3 Å². The third kappa shape index (κ3) is 2.72. The van der Waals surface area contributed by atoms with Crippen LogP contribution in [0.1, 0.15) is 40.0 Å². The zero-order valence-electron chi connectivity index (χ0n) is 10.3. The Hall–Kier alpha value is -0.420. The third-order valence-corrected chi connectivity index (χ3v) is 5.62. The number of thiazole rings is 1. The van der Waals surface area contributed by atoms with Crippen molar-refractivity contribution in [1.82, 2.24) is 4.98 Å². The van der Waals surface area contributed by atoms with E-state index in [4.69, 9.17) is 22.3 Å². The maximum absolute atomic E-state index is 6.36. The molecular formula is C14H14BrClN2S. The summed E-state index contributed by atoms with van der Waals surface area (Å²) in [6.07, 6.45) is 4.75. The Balaban J connectivity index is 1.97. The van der Waals surface area contributed by atoms with Crippen molar-refractivity contribution in [3.05, 3.63) is 48.8 Å². The first-order valence-corrected chi connectivity index (χ1v) is 8.33. The third-order valence-electron chi connectivity index (χ3n) is 3.42. The van der Waals surface area contributed by atoms with Gasteiger partial charge in [0.2, 0.25) is 0 Å². The minimum Gasteiger partial charge on any atom is -0.318 e. The fourth-order valence-electron chi connectivity index (χ4n) is 2.39. The highest BCUT2D eigenvalue weighted by atomic mass is 79.9. The van der Waals surface area contributed by atoms with Crippen LogP contribution >= 0.6 is 38.9 Å². The van der Waals surface area contributed by atoms with E-state index >= 15 is 0 Å². The van der Waals surface area contributed by atoms with E-state index in [9.17, 15) is 0 Å². The second kappa shape index (κ2) is 5.52. The average Bonchev–Trinajstić information content (AvgIpc) is 2.84. The summed E-state index contributed by atoms with van der Waals surface area (Å²) in [5.74, 6) is 0. The van der Waals surface area contributed by atoms with Gasteiger partial charge in [-0.25, -0.2) is 4.98 Å². The molecular weight excluding hydrogens is 344 g/mol. The van der Waals surface area contributed by atoms with Crippen LogP contribution in [0.4, 0.5) is 0 Å². The summed E-state index contributed by atoms with van der Waals surface area (Å²) < 4.78 is 0.984. The molecule has 1 heterocycles.